The van der Waals surface area contributed by atoms with Crippen molar-refractivity contribution in [3.05, 3.63) is 17.6 Å². The number of carbonyl (C=O) groups is 1. The second-order valence-electron chi connectivity index (χ2n) is 5.22. The number of hydrogen-bond acceptors (Lipinski definition) is 6. The lowest BCUT2D eigenvalue weighted by Crippen LogP contribution is -2.46. The number of methoxy groups -OCH3 is 1. The summed E-state index contributed by atoms with van der Waals surface area (Å²) in [5.41, 5.74) is 0. The second-order valence-corrected chi connectivity index (χ2v) is 6.90. The van der Waals surface area contributed by atoms with Crippen molar-refractivity contribution >= 4 is 28.4 Å². The monoisotopic (exact) mass is 352 g/mol. The molecule has 1 fully saturated rings. The Morgan fingerprint density at radius 1 is 1.50 bits per heavy atom. The van der Waals surface area contributed by atoms with Gasteiger partial charge in [0, 0.05) is 18.2 Å². The molecule has 2 atom stereocenters. The van der Waals surface area contributed by atoms with Crippen molar-refractivity contribution in [2.45, 2.75) is 43.7 Å². The standard InChI is InChI=1S/C13H20N2O5S.ClH/c1-8-6-10(4-5-14-8)15-21(17,18)12-7-11(13(16)19-3)20-9(12)2;/h7-8,10,14-15H,4-6H2,1-3H3;1H. The number of nitrogens with one attached hydrogen (secondary N) is 2. The average molecular weight is 353 g/mol. The van der Waals surface area contributed by atoms with Gasteiger partial charge in [0.05, 0.1) is 7.11 Å². The molecule has 2 rings (SSSR count). The molecule has 0 saturated carbocycles. The van der Waals surface area contributed by atoms with Gasteiger partial charge in [0.1, 0.15) is 10.7 Å². The van der Waals surface area contributed by atoms with E-state index in [1.165, 1.54) is 20.1 Å². The van der Waals surface area contributed by atoms with Gasteiger partial charge in [-0.25, -0.2) is 17.9 Å². The van der Waals surface area contributed by atoms with Crippen molar-refractivity contribution in [3.8, 4) is 0 Å². The van der Waals surface area contributed by atoms with Gasteiger partial charge in [-0.3, -0.25) is 0 Å². The molecule has 2 heterocycles. The van der Waals surface area contributed by atoms with Crippen molar-refractivity contribution in [2.24, 2.45) is 0 Å². The molecule has 1 aromatic heterocycles. The lowest BCUT2D eigenvalue weighted by atomic mass is 10.0. The molecule has 126 valence electrons. The Labute approximate surface area is 136 Å². The molecule has 0 spiro atoms. The van der Waals surface area contributed by atoms with Gasteiger partial charge < -0.3 is 14.5 Å². The normalized spacial score (nSPS) is 22.0. The minimum absolute atomic E-state index is 0. The highest BCUT2D eigenvalue weighted by Crippen LogP contribution is 2.22. The van der Waals surface area contributed by atoms with Crippen LogP contribution in [0.25, 0.3) is 0 Å². The summed E-state index contributed by atoms with van der Waals surface area (Å²) in [6.45, 7) is 4.29. The molecule has 22 heavy (non-hydrogen) atoms. The quantitative estimate of drug-likeness (QED) is 0.790. The van der Waals surface area contributed by atoms with Crippen LogP contribution in [0.15, 0.2) is 15.4 Å². The van der Waals surface area contributed by atoms with Crippen LogP contribution < -0.4 is 10.0 Å². The largest absolute Gasteiger partial charge is 0.463 e. The summed E-state index contributed by atoms with van der Waals surface area (Å²) >= 11 is 0. The van der Waals surface area contributed by atoms with Crippen LogP contribution in [0.1, 0.15) is 36.1 Å². The Hall–Kier alpha value is -1.09. The van der Waals surface area contributed by atoms with Gasteiger partial charge in [0.2, 0.25) is 15.8 Å². The van der Waals surface area contributed by atoms with Gasteiger partial charge in [-0.2, -0.15) is 0 Å². The Balaban J connectivity index is 0.00000242. The SMILES string of the molecule is COC(=O)c1cc(S(=O)(=O)NC2CCNC(C)C2)c(C)o1.Cl. The summed E-state index contributed by atoms with van der Waals surface area (Å²) in [5.74, 6) is -0.644. The fraction of sp³-hybridized carbons (Fsp3) is 0.615. The molecule has 2 unspecified atom stereocenters. The summed E-state index contributed by atoms with van der Waals surface area (Å²) in [5, 5.41) is 3.26. The highest BCUT2D eigenvalue weighted by atomic mass is 35.5. The molecule has 7 nitrogen and oxygen atoms in total. The minimum Gasteiger partial charge on any atom is -0.463 e. The van der Waals surface area contributed by atoms with E-state index in [4.69, 9.17) is 4.42 Å². The maximum absolute atomic E-state index is 12.4. The molecule has 0 bridgehead atoms. The Bertz CT molecular complexity index is 628. The third-order valence-electron chi connectivity index (χ3n) is 3.49. The maximum atomic E-state index is 12.4. The van der Waals surface area contributed by atoms with Crippen LogP contribution in [0.3, 0.4) is 0 Å². The zero-order chi connectivity index (χ0) is 15.6. The smallest absolute Gasteiger partial charge is 0.373 e. The molecule has 1 aliphatic rings. The fourth-order valence-corrected chi connectivity index (χ4v) is 3.92. The van der Waals surface area contributed by atoms with Gasteiger partial charge in [-0.1, -0.05) is 0 Å². The molecular weight excluding hydrogens is 332 g/mol. The first kappa shape index (κ1) is 19.0. The second kappa shape index (κ2) is 7.45. The van der Waals surface area contributed by atoms with Crippen LogP contribution in [-0.2, 0) is 14.8 Å². The van der Waals surface area contributed by atoms with E-state index in [1.807, 2.05) is 6.92 Å². The van der Waals surface area contributed by atoms with E-state index >= 15 is 0 Å². The number of esters is 1. The zero-order valence-electron chi connectivity index (χ0n) is 12.7. The number of rotatable bonds is 4. The topological polar surface area (TPSA) is 97.6 Å². The van der Waals surface area contributed by atoms with Crippen LogP contribution in [-0.4, -0.2) is 40.1 Å². The number of halogens is 1. The average Bonchev–Trinajstić information content (AvgIpc) is 2.80. The Morgan fingerprint density at radius 2 is 2.18 bits per heavy atom. The summed E-state index contributed by atoms with van der Waals surface area (Å²) < 4.78 is 37.2. The molecule has 1 aliphatic heterocycles. The van der Waals surface area contributed by atoms with Crippen molar-refractivity contribution in [3.63, 3.8) is 0 Å². The predicted octanol–water partition coefficient (Wildman–Crippen LogP) is 1.22. The van der Waals surface area contributed by atoms with E-state index in [-0.39, 0.29) is 40.9 Å². The Morgan fingerprint density at radius 3 is 2.77 bits per heavy atom. The van der Waals surface area contributed by atoms with Crippen molar-refractivity contribution in [1.82, 2.24) is 10.0 Å². The molecule has 1 aromatic rings. The third kappa shape index (κ3) is 4.22. The number of aryl methyl sites for hydroxylation is 1. The lowest BCUT2D eigenvalue weighted by molar-refractivity contribution is 0.0563. The Kier molecular flexibility index (Phi) is 6.42. The number of hydrogen-bond donors (Lipinski definition) is 2. The number of ether oxygens (including phenoxy) is 1. The molecular formula is C13H21ClN2O5S. The molecule has 0 aliphatic carbocycles. The lowest BCUT2D eigenvalue weighted by Gasteiger charge is -2.28. The molecule has 0 amide bonds. The van der Waals surface area contributed by atoms with E-state index < -0.39 is 16.0 Å². The van der Waals surface area contributed by atoms with Gasteiger partial charge in [-0.05, 0) is 33.2 Å². The van der Waals surface area contributed by atoms with Gasteiger partial charge in [0.25, 0.3) is 0 Å². The maximum Gasteiger partial charge on any atom is 0.373 e. The molecule has 2 N–H and O–H groups in total. The molecule has 0 radical (unpaired) electrons. The highest BCUT2D eigenvalue weighted by molar-refractivity contribution is 7.89. The third-order valence-corrected chi connectivity index (χ3v) is 5.12. The molecule has 1 saturated heterocycles. The van der Waals surface area contributed by atoms with Crippen molar-refractivity contribution < 1.29 is 22.4 Å². The van der Waals surface area contributed by atoms with E-state index in [0.29, 0.717) is 0 Å². The number of sulfonamides is 1. The van der Waals surface area contributed by atoms with Crippen LogP contribution in [0.5, 0.6) is 0 Å². The first-order chi connectivity index (χ1) is 9.83. The number of carbonyl (C=O) groups excluding carboxylic acids is 1. The van der Waals surface area contributed by atoms with Crippen LogP contribution in [0.2, 0.25) is 0 Å². The van der Waals surface area contributed by atoms with E-state index in [2.05, 4.69) is 14.8 Å². The van der Waals surface area contributed by atoms with Crippen LogP contribution >= 0.6 is 12.4 Å². The van der Waals surface area contributed by atoms with Gasteiger partial charge >= 0.3 is 5.97 Å². The van der Waals surface area contributed by atoms with E-state index in [9.17, 15) is 13.2 Å². The van der Waals surface area contributed by atoms with Crippen molar-refractivity contribution in [1.29, 1.82) is 0 Å². The van der Waals surface area contributed by atoms with Crippen LogP contribution in [0.4, 0.5) is 0 Å². The summed E-state index contributed by atoms with van der Waals surface area (Å²) in [7, 11) is -2.50. The van der Waals surface area contributed by atoms with Crippen LogP contribution in [0, 0.1) is 6.92 Å². The zero-order valence-corrected chi connectivity index (χ0v) is 14.3. The number of piperidine rings is 1. The summed E-state index contributed by atoms with van der Waals surface area (Å²) in [4.78, 5) is 11.4. The first-order valence-electron chi connectivity index (χ1n) is 6.78. The fourth-order valence-electron chi connectivity index (χ4n) is 2.46. The predicted molar refractivity (Wildman–Crippen MR) is 82.8 cm³/mol. The van der Waals surface area contributed by atoms with Gasteiger partial charge in [-0.15, -0.1) is 12.4 Å². The highest BCUT2D eigenvalue weighted by Gasteiger charge is 2.28. The molecule has 9 heteroatoms. The first-order valence-corrected chi connectivity index (χ1v) is 8.26. The van der Waals surface area contributed by atoms with Gasteiger partial charge in [0.15, 0.2) is 0 Å². The van der Waals surface area contributed by atoms with Crippen molar-refractivity contribution in [2.75, 3.05) is 13.7 Å². The summed E-state index contributed by atoms with van der Waals surface area (Å²) in [6, 6.07) is 1.35. The summed E-state index contributed by atoms with van der Waals surface area (Å²) in [6.07, 6.45) is 1.45. The minimum atomic E-state index is -3.71. The van der Waals surface area contributed by atoms with E-state index in [1.54, 1.807) is 0 Å². The number of furan rings is 1. The van der Waals surface area contributed by atoms with E-state index in [0.717, 1.165) is 19.4 Å². The molecule has 0 aromatic carbocycles.